The topological polar surface area (TPSA) is 80.2 Å². The molecule has 0 bridgehead atoms. The third kappa shape index (κ3) is 3.57. The van der Waals surface area contributed by atoms with Gasteiger partial charge in [-0.25, -0.2) is 0 Å². The van der Waals surface area contributed by atoms with Gasteiger partial charge >= 0.3 is 0 Å². The number of phenols is 1. The average molecular weight is 364 g/mol. The van der Waals surface area contributed by atoms with E-state index in [-0.39, 0.29) is 17.4 Å². The molecule has 2 aromatic heterocycles. The molecule has 3 aromatic rings. The molecule has 27 heavy (non-hydrogen) atoms. The maximum absolute atomic E-state index is 10.4. The molecule has 0 aliphatic carbocycles. The number of fused-ring (bicyclic) bond motifs is 1. The second-order valence-electron chi connectivity index (χ2n) is 7.78. The number of rotatable bonds is 3. The Balaban J connectivity index is 1.74. The van der Waals surface area contributed by atoms with Crippen LogP contribution in [0.3, 0.4) is 0 Å². The summed E-state index contributed by atoms with van der Waals surface area (Å²) in [5, 5.41) is 24.6. The van der Waals surface area contributed by atoms with Gasteiger partial charge in [0, 0.05) is 41.4 Å². The molecule has 1 fully saturated rings. The number of benzene rings is 1. The number of anilines is 1. The van der Waals surface area contributed by atoms with Gasteiger partial charge in [0.15, 0.2) is 5.82 Å². The maximum atomic E-state index is 10.4. The molecule has 0 amide bonds. The van der Waals surface area contributed by atoms with Crippen molar-refractivity contribution in [1.29, 1.82) is 0 Å². The summed E-state index contributed by atoms with van der Waals surface area (Å²) in [5.41, 5.74) is 2.17. The van der Waals surface area contributed by atoms with Crippen molar-refractivity contribution in [2.24, 2.45) is 0 Å². The molecule has 1 aromatic carbocycles. The molecule has 1 atom stereocenters. The quantitative estimate of drug-likeness (QED) is 0.729. The number of aryl methyl sites for hydroxylation is 1. The zero-order valence-electron chi connectivity index (χ0n) is 15.9. The molecule has 0 radical (unpaired) electrons. The van der Waals surface area contributed by atoms with E-state index in [1.165, 1.54) is 0 Å². The molecule has 1 aliphatic heterocycles. The predicted molar refractivity (Wildman–Crippen MR) is 106 cm³/mol. The van der Waals surface area contributed by atoms with E-state index in [0.717, 1.165) is 41.6 Å². The Labute approximate surface area is 158 Å². The molecule has 1 aliphatic rings. The monoisotopic (exact) mass is 364 g/mol. The second-order valence-corrected chi connectivity index (χ2v) is 7.78. The van der Waals surface area contributed by atoms with Gasteiger partial charge in [-0.2, -0.15) is 0 Å². The van der Waals surface area contributed by atoms with Crippen molar-refractivity contribution in [2.75, 3.05) is 11.9 Å². The largest absolute Gasteiger partial charge is 0.507 e. The second kappa shape index (κ2) is 6.78. The lowest BCUT2D eigenvalue weighted by Crippen LogP contribution is -2.40. The minimum atomic E-state index is -0.148. The molecule has 0 saturated carbocycles. The first-order valence-electron chi connectivity index (χ1n) is 9.24. The van der Waals surface area contributed by atoms with Crippen LogP contribution in [0.5, 0.6) is 5.75 Å². The molecule has 0 unspecified atom stereocenters. The van der Waals surface area contributed by atoms with E-state index in [0.29, 0.717) is 11.3 Å². The van der Waals surface area contributed by atoms with E-state index in [1.807, 2.05) is 25.1 Å². The molecule has 6 heteroatoms. The summed E-state index contributed by atoms with van der Waals surface area (Å²) < 4.78 is 5.80. The highest BCUT2D eigenvalue weighted by Crippen LogP contribution is 2.35. The fourth-order valence-electron chi connectivity index (χ4n) is 3.69. The third-order valence-electron chi connectivity index (χ3n) is 5.03. The van der Waals surface area contributed by atoms with Crippen LogP contribution in [0.1, 0.15) is 32.3 Å². The zero-order valence-corrected chi connectivity index (χ0v) is 15.9. The molecule has 3 heterocycles. The highest BCUT2D eigenvalue weighted by Gasteiger charge is 2.29. The molecule has 0 spiro atoms. The SMILES string of the molecule is Cc1ccc(-c2nnc(N[C@@H]3CCOC(C)(C)C3)c3cnccc23)c(O)c1. The lowest BCUT2D eigenvalue weighted by atomic mass is 9.94. The van der Waals surface area contributed by atoms with Gasteiger partial charge in [-0.3, -0.25) is 4.98 Å². The normalized spacial score (nSPS) is 19.1. The van der Waals surface area contributed by atoms with Gasteiger partial charge in [-0.15, -0.1) is 10.2 Å². The number of ether oxygens (including phenoxy) is 1. The predicted octanol–water partition coefficient (Wildman–Crippen LogP) is 4.08. The molecule has 2 N–H and O–H groups in total. The summed E-state index contributed by atoms with van der Waals surface area (Å²) in [7, 11) is 0. The van der Waals surface area contributed by atoms with E-state index >= 15 is 0 Å². The Morgan fingerprint density at radius 3 is 2.81 bits per heavy atom. The van der Waals surface area contributed by atoms with Crippen LogP contribution >= 0.6 is 0 Å². The van der Waals surface area contributed by atoms with E-state index in [4.69, 9.17) is 4.74 Å². The zero-order chi connectivity index (χ0) is 19.0. The Kier molecular flexibility index (Phi) is 4.44. The molecular weight excluding hydrogens is 340 g/mol. The highest BCUT2D eigenvalue weighted by molar-refractivity contribution is 6.00. The van der Waals surface area contributed by atoms with Crippen LogP contribution in [-0.4, -0.2) is 38.5 Å². The Morgan fingerprint density at radius 1 is 1.19 bits per heavy atom. The van der Waals surface area contributed by atoms with Crippen molar-refractivity contribution in [3.05, 3.63) is 42.2 Å². The lowest BCUT2D eigenvalue weighted by Gasteiger charge is -2.36. The maximum Gasteiger partial charge on any atom is 0.158 e. The number of hydrogen-bond acceptors (Lipinski definition) is 6. The first-order valence-corrected chi connectivity index (χ1v) is 9.24. The van der Waals surface area contributed by atoms with Crippen LogP contribution in [-0.2, 0) is 4.74 Å². The summed E-state index contributed by atoms with van der Waals surface area (Å²) in [6.45, 7) is 6.88. The van der Waals surface area contributed by atoms with Crippen molar-refractivity contribution < 1.29 is 9.84 Å². The van der Waals surface area contributed by atoms with Crippen molar-refractivity contribution >= 4 is 16.6 Å². The molecule has 6 nitrogen and oxygen atoms in total. The van der Waals surface area contributed by atoms with Gasteiger partial charge in [0.2, 0.25) is 0 Å². The van der Waals surface area contributed by atoms with Gasteiger partial charge in [-0.05, 0) is 57.4 Å². The van der Waals surface area contributed by atoms with Crippen LogP contribution < -0.4 is 5.32 Å². The van der Waals surface area contributed by atoms with Gasteiger partial charge in [0.05, 0.1) is 5.60 Å². The lowest BCUT2D eigenvalue weighted by molar-refractivity contribution is -0.0553. The Bertz CT molecular complexity index is 987. The number of pyridine rings is 1. The number of phenolic OH excluding ortho intramolecular Hbond substituents is 1. The van der Waals surface area contributed by atoms with Crippen molar-refractivity contribution in [3.63, 3.8) is 0 Å². The Hall–Kier alpha value is -2.73. The fourth-order valence-corrected chi connectivity index (χ4v) is 3.69. The average Bonchev–Trinajstić information content (AvgIpc) is 2.62. The number of aromatic hydroxyl groups is 1. The van der Waals surface area contributed by atoms with Gasteiger partial charge < -0.3 is 15.2 Å². The number of nitrogens with one attached hydrogen (secondary N) is 1. The Morgan fingerprint density at radius 2 is 2.04 bits per heavy atom. The molecule has 4 rings (SSSR count). The number of aromatic nitrogens is 3. The highest BCUT2D eigenvalue weighted by atomic mass is 16.5. The van der Waals surface area contributed by atoms with Crippen LogP contribution in [0.4, 0.5) is 5.82 Å². The smallest absolute Gasteiger partial charge is 0.158 e. The number of nitrogens with zero attached hydrogens (tertiary/aromatic N) is 3. The third-order valence-corrected chi connectivity index (χ3v) is 5.03. The van der Waals surface area contributed by atoms with Crippen molar-refractivity contribution in [2.45, 2.75) is 45.3 Å². The summed E-state index contributed by atoms with van der Waals surface area (Å²) in [6.07, 6.45) is 5.36. The van der Waals surface area contributed by atoms with Crippen molar-refractivity contribution in [3.8, 4) is 17.0 Å². The van der Waals surface area contributed by atoms with Crippen LogP contribution in [0, 0.1) is 6.92 Å². The van der Waals surface area contributed by atoms with Gasteiger partial charge in [0.1, 0.15) is 11.4 Å². The van der Waals surface area contributed by atoms with Crippen molar-refractivity contribution in [1.82, 2.24) is 15.2 Å². The van der Waals surface area contributed by atoms with E-state index in [9.17, 15) is 5.11 Å². The van der Waals surface area contributed by atoms with Gasteiger partial charge in [-0.1, -0.05) is 6.07 Å². The standard InChI is InChI=1S/C21H24N4O2/c1-13-4-5-16(18(26)10-13)19-15-6-8-22-12-17(15)20(25-24-19)23-14-7-9-27-21(2,3)11-14/h4-6,8,10,12,14,26H,7,9,11H2,1-3H3,(H,23,25)/t14-/m1/s1. The van der Waals surface area contributed by atoms with Crippen LogP contribution in [0.25, 0.3) is 22.0 Å². The van der Waals surface area contributed by atoms with E-state index < -0.39 is 0 Å². The van der Waals surface area contributed by atoms with Crippen LogP contribution in [0.15, 0.2) is 36.7 Å². The summed E-state index contributed by atoms with van der Waals surface area (Å²) >= 11 is 0. The summed E-state index contributed by atoms with van der Waals surface area (Å²) in [4.78, 5) is 4.27. The fraction of sp³-hybridized carbons (Fsp3) is 0.381. The molecular formula is C21H24N4O2. The van der Waals surface area contributed by atoms with E-state index in [1.54, 1.807) is 18.5 Å². The summed E-state index contributed by atoms with van der Waals surface area (Å²) in [6, 6.07) is 7.76. The van der Waals surface area contributed by atoms with Crippen LogP contribution in [0.2, 0.25) is 0 Å². The molecule has 140 valence electrons. The minimum absolute atomic E-state index is 0.148. The first-order chi connectivity index (χ1) is 12.9. The summed E-state index contributed by atoms with van der Waals surface area (Å²) in [5.74, 6) is 0.922. The van der Waals surface area contributed by atoms with Gasteiger partial charge in [0.25, 0.3) is 0 Å². The molecule has 1 saturated heterocycles. The first kappa shape index (κ1) is 17.7. The minimum Gasteiger partial charge on any atom is -0.507 e. The number of hydrogen-bond donors (Lipinski definition) is 2. The van der Waals surface area contributed by atoms with E-state index in [2.05, 4.69) is 34.3 Å².